The topological polar surface area (TPSA) is 39.1 Å². The largest absolute Gasteiger partial charge is 0.497 e. The highest BCUT2D eigenvalue weighted by atomic mass is 35.5. The summed E-state index contributed by atoms with van der Waals surface area (Å²) in [6, 6.07) is 14.3. The molecule has 0 saturated heterocycles. The Bertz CT molecular complexity index is 964. The standard InChI is InChI=1S/C22H24ClN3O/c1-15-9-10-17(14-20(15)23)26-22-19(8-3-4-11-24-22)21(25-26)13-16-6-5-7-18(12-16)27-2/h5-7,9-10,12,14,24H,3-4,8,11,13H2,1-2H3. The molecule has 0 unspecified atom stereocenters. The number of nitrogens with zero attached hydrogens (tertiary/aromatic N) is 2. The predicted octanol–water partition coefficient (Wildman–Crippen LogP) is 5.18. The van der Waals surface area contributed by atoms with E-state index in [1.54, 1.807) is 7.11 Å². The maximum absolute atomic E-state index is 6.37. The van der Waals surface area contributed by atoms with Crippen molar-refractivity contribution in [3.8, 4) is 11.4 Å². The highest BCUT2D eigenvalue weighted by Crippen LogP contribution is 2.31. The summed E-state index contributed by atoms with van der Waals surface area (Å²) in [4.78, 5) is 0. The fourth-order valence-corrected chi connectivity index (χ4v) is 3.77. The van der Waals surface area contributed by atoms with E-state index in [0.29, 0.717) is 0 Å². The molecule has 0 fully saturated rings. The molecule has 5 heteroatoms. The Morgan fingerprint density at radius 3 is 2.89 bits per heavy atom. The third-order valence-corrected chi connectivity index (χ3v) is 5.53. The number of benzene rings is 2. The van der Waals surface area contributed by atoms with Gasteiger partial charge in [0, 0.05) is 23.6 Å². The van der Waals surface area contributed by atoms with Crippen molar-refractivity contribution in [1.82, 2.24) is 9.78 Å². The van der Waals surface area contributed by atoms with Crippen molar-refractivity contribution in [1.29, 1.82) is 0 Å². The number of hydrogen-bond acceptors (Lipinski definition) is 3. The summed E-state index contributed by atoms with van der Waals surface area (Å²) in [6.07, 6.45) is 4.17. The molecule has 0 aliphatic carbocycles. The SMILES string of the molecule is COc1cccc(Cc2nn(-c3ccc(C)c(Cl)c3)c3c2CCCCN3)c1. The highest BCUT2D eigenvalue weighted by molar-refractivity contribution is 6.31. The minimum absolute atomic E-state index is 0.764. The smallest absolute Gasteiger partial charge is 0.133 e. The van der Waals surface area contributed by atoms with Gasteiger partial charge in [-0.15, -0.1) is 0 Å². The maximum atomic E-state index is 6.37. The third kappa shape index (κ3) is 3.67. The van der Waals surface area contributed by atoms with Crippen molar-refractivity contribution in [2.75, 3.05) is 19.0 Å². The minimum Gasteiger partial charge on any atom is -0.497 e. The van der Waals surface area contributed by atoms with E-state index in [-0.39, 0.29) is 0 Å². The molecule has 140 valence electrons. The first kappa shape index (κ1) is 17.9. The number of anilines is 1. The van der Waals surface area contributed by atoms with Gasteiger partial charge in [-0.25, -0.2) is 4.68 Å². The van der Waals surface area contributed by atoms with E-state index in [4.69, 9.17) is 21.4 Å². The number of nitrogens with one attached hydrogen (secondary N) is 1. The number of ether oxygens (including phenoxy) is 1. The zero-order valence-corrected chi connectivity index (χ0v) is 16.5. The molecule has 2 aromatic carbocycles. The third-order valence-electron chi connectivity index (χ3n) is 5.12. The van der Waals surface area contributed by atoms with Crippen molar-refractivity contribution >= 4 is 17.4 Å². The molecule has 0 amide bonds. The van der Waals surface area contributed by atoms with Crippen molar-refractivity contribution in [3.63, 3.8) is 0 Å². The summed E-state index contributed by atoms with van der Waals surface area (Å²) in [5, 5.41) is 9.33. The first-order valence-corrected chi connectivity index (χ1v) is 9.77. The lowest BCUT2D eigenvalue weighted by Crippen LogP contribution is -2.07. The quantitative estimate of drug-likeness (QED) is 0.676. The molecule has 4 rings (SSSR count). The molecule has 0 spiro atoms. The summed E-state index contributed by atoms with van der Waals surface area (Å²) in [5.74, 6) is 1.98. The van der Waals surface area contributed by atoms with Gasteiger partial charge in [-0.3, -0.25) is 0 Å². The van der Waals surface area contributed by atoms with Gasteiger partial charge in [-0.05, 0) is 61.6 Å². The summed E-state index contributed by atoms with van der Waals surface area (Å²) in [5.41, 5.74) is 5.70. The van der Waals surface area contributed by atoms with Gasteiger partial charge in [0.2, 0.25) is 0 Å². The number of aromatic nitrogens is 2. The Morgan fingerprint density at radius 2 is 2.07 bits per heavy atom. The molecule has 0 bridgehead atoms. The van der Waals surface area contributed by atoms with Gasteiger partial charge in [0.05, 0.1) is 18.5 Å². The second-order valence-corrected chi connectivity index (χ2v) is 7.44. The number of hydrogen-bond donors (Lipinski definition) is 1. The van der Waals surface area contributed by atoms with Gasteiger partial charge in [0.1, 0.15) is 11.6 Å². The lowest BCUT2D eigenvalue weighted by Gasteiger charge is -2.10. The van der Waals surface area contributed by atoms with Crippen LogP contribution in [0.15, 0.2) is 42.5 Å². The monoisotopic (exact) mass is 381 g/mol. The van der Waals surface area contributed by atoms with Crippen LogP contribution in [-0.2, 0) is 12.8 Å². The van der Waals surface area contributed by atoms with E-state index >= 15 is 0 Å². The van der Waals surface area contributed by atoms with Crippen molar-refractivity contribution in [2.24, 2.45) is 0 Å². The first-order chi connectivity index (χ1) is 13.2. The zero-order chi connectivity index (χ0) is 18.8. The molecule has 1 aliphatic heterocycles. The average molecular weight is 382 g/mol. The Labute approximate surface area is 165 Å². The van der Waals surface area contributed by atoms with Crippen LogP contribution in [-0.4, -0.2) is 23.4 Å². The van der Waals surface area contributed by atoms with Crippen LogP contribution < -0.4 is 10.1 Å². The molecule has 4 nitrogen and oxygen atoms in total. The fourth-order valence-electron chi connectivity index (χ4n) is 3.59. The maximum Gasteiger partial charge on any atom is 0.133 e. The van der Waals surface area contributed by atoms with Crippen LogP contribution in [0.5, 0.6) is 5.75 Å². The molecule has 27 heavy (non-hydrogen) atoms. The lowest BCUT2D eigenvalue weighted by molar-refractivity contribution is 0.414. The summed E-state index contributed by atoms with van der Waals surface area (Å²) in [7, 11) is 1.70. The van der Waals surface area contributed by atoms with Crippen LogP contribution >= 0.6 is 11.6 Å². The van der Waals surface area contributed by atoms with Crippen LogP contribution in [0.2, 0.25) is 5.02 Å². The van der Waals surface area contributed by atoms with E-state index in [1.807, 2.05) is 35.9 Å². The fraction of sp³-hybridized carbons (Fsp3) is 0.318. The number of aryl methyl sites for hydroxylation is 1. The molecular weight excluding hydrogens is 358 g/mol. The van der Waals surface area contributed by atoms with Gasteiger partial charge in [0.25, 0.3) is 0 Å². The number of halogens is 1. The van der Waals surface area contributed by atoms with Crippen LogP contribution in [0.1, 0.15) is 35.2 Å². The lowest BCUT2D eigenvalue weighted by atomic mass is 10.0. The molecule has 0 radical (unpaired) electrons. The second-order valence-electron chi connectivity index (χ2n) is 7.03. The molecule has 1 N–H and O–H groups in total. The Hall–Kier alpha value is -2.46. The Kier molecular flexibility index (Phi) is 5.08. The molecule has 0 saturated carbocycles. The van der Waals surface area contributed by atoms with Gasteiger partial charge in [-0.2, -0.15) is 5.10 Å². The van der Waals surface area contributed by atoms with E-state index in [1.165, 1.54) is 24.0 Å². The molecule has 1 aliphatic rings. The molecule has 3 aromatic rings. The van der Waals surface area contributed by atoms with E-state index in [2.05, 4.69) is 23.5 Å². The van der Waals surface area contributed by atoms with Gasteiger partial charge >= 0.3 is 0 Å². The molecule has 2 heterocycles. The summed E-state index contributed by atoms with van der Waals surface area (Å²) in [6.45, 7) is 2.99. The van der Waals surface area contributed by atoms with Crippen molar-refractivity contribution in [2.45, 2.75) is 32.6 Å². The second kappa shape index (κ2) is 7.65. The number of rotatable bonds is 4. The number of methoxy groups -OCH3 is 1. The van der Waals surface area contributed by atoms with Crippen LogP contribution in [0.4, 0.5) is 5.82 Å². The van der Waals surface area contributed by atoms with Crippen molar-refractivity contribution in [3.05, 3.63) is 69.9 Å². The van der Waals surface area contributed by atoms with Gasteiger partial charge in [-0.1, -0.05) is 29.8 Å². The highest BCUT2D eigenvalue weighted by Gasteiger charge is 2.21. The first-order valence-electron chi connectivity index (χ1n) is 9.40. The average Bonchev–Trinajstić information content (AvgIpc) is 2.85. The molecular formula is C22H24ClN3O. The van der Waals surface area contributed by atoms with Crippen LogP contribution in [0.25, 0.3) is 5.69 Å². The van der Waals surface area contributed by atoms with Crippen molar-refractivity contribution < 1.29 is 4.74 Å². The molecule has 1 aromatic heterocycles. The molecule has 0 atom stereocenters. The zero-order valence-electron chi connectivity index (χ0n) is 15.8. The van der Waals surface area contributed by atoms with Gasteiger partial charge in [0.15, 0.2) is 0 Å². The normalized spacial score (nSPS) is 13.6. The van der Waals surface area contributed by atoms with Gasteiger partial charge < -0.3 is 10.1 Å². The van der Waals surface area contributed by atoms with Crippen LogP contribution in [0.3, 0.4) is 0 Å². The van der Waals surface area contributed by atoms with E-state index in [9.17, 15) is 0 Å². The minimum atomic E-state index is 0.764. The van der Waals surface area contributed by atoms with E-state index < -0.39 is 0 Å². The predicted molar refractivity (Wildman–Crippen MR) is 111 cm³/mol. The van der Waals surface area contributed by atoms with Crippen LogP contribution in [0, 0.1) is 6.92 Å². The summed E-state index contributed by atoms with van der Waals surface area (Å²) < 4.78 is 7.39. The Balaban J connectivity index is 1.77. The Morgan fingerprint density at radius 1 is 1.19 bits per heavy atom. The number of fused-ring (bicyclic) bond motifs is 1. The van der Waals surface area contributed by atoms with E-state index in [0.717, 1.165) is 52.9 Å². The summed E-state index contributed by atoms with van der Waals surface area (Å²) >= 11 is 6.37.